The van der Waals surface area contributed by atoms with Crippen LogP contribution in [0.5, 0.6) is 5.75 Å². The normalized spacial score (nSPS) is 14.8. The minimum atomic E-state index is -0.606. The molecule has 2 heterocycles. The van der Waals surface area contributed by atoms with E-state index in [0.29, 0.717) is 12.2 Å². The lowest BCUT2D eigenvalue weighted by Gasteiger charge is -2.22. The molecule has 2 aromatic carbocycles. The summed E-state index contributed by atoms with van der Waals surface area (Å²) in [6.45, 7) is -0.399. The number of methoxy groups -OCH3 is 1. The topological polar surface area (TPSA) is 110 Å². The van der Waals surface area contributed by atoms with Crippen LogP contribution in [0.1, 0.15) is 40.6 Å². The number of nitrogens with one attached hydrogen (secondary N) is 1. The van der Waals surface area contributed by atoms with E-state index < -0.39 is 24.4 Å². The van der Waals surface area contributed by atoms with Gasteiger partial charge < -0.3 is 19.2 Å². The number of amides is 2. The molecular weight excluding hydrogens is 450 g/mol. The van der Waals surface area contributed by atoms with Gasteiger partial charge in [0.05, 0.1) is 31.5 Å². The zero-order valence-corrected chi connectivity index (χ0v) is 19.2. The highest BCUT2D eigenvalue weighted by atomic mass is 16.5. The Morgan fingerprint density at radius 3 is 2.51 bits per heavy atom. The summed E-state index contributed by atoms with van der Waals surface area (Å²) >= 11 is 0. The van der Waals surface area contributed by atoms with Crippen LogP contribution in [0.25, 0.3) is 0 Å². The molecule has 35 heavy (non-hydrogen) atoms. The van der Waals surface area contributed by atoms with Crippen LogP contribution in [-0.2, 0) is 14.3 Å². The molecule has 0 saturated carbocycles. The first kappa shape index (κ1) is 23.7. The molecule has 1 aliphatic rings. The molecule has 0 saturated heterocycles. The van der Waals surface area contributed by atoms with Crippen molar-refractivity contribution in [1.82, 2.24) is 10.3 Å². The first-order chi connectivity index (χ1) is 17.0. The van der Waals surface area contributed by atoms with Crippen LogP contribution in [0, 0.1) is 0 Å². The fraction of sp³-hybridized carbons (Fsp3) is 0.231. The van der Waals surface area contributed by atoms with E-state index in [1.807, 2.05) is 54.6 Å². The average Bonchev–Trinajstić information content (AvgIpc) is 3.59. The third kappa shape index (κ3) is 5.94. The number of hydrogen-bond acceptors (Lipinski definition) is 7. The van der Waals surface area contributed by atoms with Crippen LogP contribution in [0.15, 0.2) is 82.5 Å². The highest BCUT2D eigenvalue weighted by Gasteiger charge is 2.33. The van der Waals surface area contributed by atoms with E-state index in [-0.39, 0.29) is 24.8 Å². The van der Waals surface area contributed by atoms with Gasteiger partial charge in [-0.05, 0) is 35.4 Å². The van der Waals surface area contributed by atoms with Crippen LogP contribution in [0.3, 0.4) is 0 Å². The zero-order chi connectivity index (χ0) is 24.6. The van der Waals surface area contributed by atoms with Gasteiger partial charge in [-0.15, -0.1) is 0 Å². The summed E-state index contributed by atoms with van der Waals surface area (Å²) in [6, 6.07) is 19.8. The highest BCUT2D eigenvalue weighted by Crippen LogP contribution is 2.33. The van der Waals surface area contributed by atoms with E-state index in [9.17, 15) is 14.4 Å². The monoisotopic (exact) mass is 475 g/mol. The maximum absolute atomic E-state index is 13.0. The fourth-order valence-electron chi connectivity index (χ4n) is 3.68. The Morgan fingerprint density at radius 2 is 1.83 bits per heavy atom. The van der Waals surface area contributed by atoms with E-state index in [2.05, 4.69) is 10.4 Å². The Bertz CT molecular complexity index is 1190. The second-order valence-corrected chi connectivity index (χ2v) is 7.79. The summed E-state index contributed by atoms with van der Waals surface area (Å²) in [5.41, 5.74) is 2.58. The molecule has 0 fully saturated rings. The number of carbonyl (C=O) groups excluding carboxylic acids is 3. The predicted molar refractivity (Wildman–Crippen MR) is 127 cm³/mol. The van der Waals surface area contributed by atoms with Gasteiger partial charge in [0.15, 0.2) is 12.4 Å². The maximum atomic E-state index is 13.0. The maximum Gasteiger partial charge on any atom is 0.308 e. The number of benzene rings is 2. The predicted octanol–water partition coefficient (Wildman–Crippen LogP) is 3.33. The third-order valence-electron chi connectivity index (χ3n) is 5.49. The standard InChI is InChI=1S/C26H25N3O6/c1-33-20-11-9-19(10-12-20)22-16-21(18-6-3-2-4-7-18)28-29(22)24(30)17-35-25(31)13-14-27-26(32)23-8-5-15-34-23/h2-12,15,22H,13-14,16-17H2,1H3,(H,27,32). The summed E-state index contributed by atoms with van der Waals surface area (Å²) in [4.78, 5) is 37.0. The summed E-state index contributed by atoms with van der Waals surface area (Å²) in [5.74, 6) is -0.613. The lowest BCUT2D eigenvalue weighted by atomic mass is 9.98. The minimum Gasteiger partial charge on any atom is -0.497 e. The van der Waals surface area contributed by atoms with Crippen molar-refractivity contribution in [3.05, 3.63) is 89.9 Å². The minimum absolute atomic E-state index is 0.0566. The molecule has 1 N–H and O–H groups in total. The van der Waals surface area contributed by atoms with Crippen LogP contribution in [0.4, 0.5) is 0 Å². The number of carbonyl (C=O) groups is 3. The van der Waals surface area contributed by atoms with Crippen molar-refractivity contribution in [2.24, 2.45) is 5.10 Å². The number of nitrogens with zero attached hydrogens (tertiary/aromatic N) is 2. The van der Waals surface area contributed by atoms with Crippen LogP contribution >= 0.6 is 0 Å². The molecule has 2 amide bonds. The van der Waals surface area contributed by atoms with Gasteiger partial charge >= 0.3 is 5.97 Å². The Hall–Kier alpha value is -4.40. The molecule has 3 aromatic rings. The lowest BCUT2D eigenvalue weighted by molar-refractivity contribution is -0.152. The SMILES string of the molecule is COc1ccc(C2CC(c3ccccc3)=NN2C(=O)COC(=O)CCNC(=O)c2ccco2)cc1. The van der Waals surface area contributed by atoms with Crippen LogP contribution < -0.4 is 10.1 Å². The third-order valence-corrected chi connectivity index (χ3v) is 5.49. The molecule has 1 unspecified atom stereocenters. The smallest absolute Gasteiger partial charge is 0.308 e. The second-order valence-electron chi connectivity index (χ2n) is 7.79. The summed E-state index contributed by atoms with van der Waals surface area (Å²) in [7, 11) is 1.59. The molecule has 0 radical (unpaired) electrons. The van der Waals surface area contributed by atoms with Crippen molar-refractivity contribution < 1.29 is 28.3 Å². The van der Waals surface area contributed by atoms with Crippen LogP contribution in [-0.4, -0.2) is 48.8 Å². The van der Waals surface area contributed by atoms with Gasteiger partial charge in [-0.2, -0.15) is 5.10 Å². The van der Waals surface area contributed by atoms with Crippen molar-refractivity contribution >= 4 is 23.5 Å². The number of hydrogen-bond donors (Lipinski definition) is 1. The zero-order valence-electron chi connectivity index (χ0n) is 19.2. The number of furan rings is 1. The van der Waals surface area contributed by atoms with Gasteiger partial charge in [0.1, 0.15) is 5.75 Å². The molecule has 0 spiro atoms. The Labute approximate surface area is 202 Å². The second kappa shape index (κ2) is 11.1. The summed E-state index contributed by atoms with van der Waals surface area (Å²) in [6.07, 6.45) is 1.83. The van der Waals surface area contributed by atoms with Gasteiger partial charge in [0, 0.05) is 13.0 Å². The quantitative estimate of drug-likeness (QED) is 0.476. The van der Waals surface area contributed by atoms with E-state index in [1.165, 1.54) is 17.3 Å². The van der Waals surface area contributed by atoms with Crippen LogP contribution in [0.2, 0.25) is 0 Å². The van der Waals surface area contributed by atoms with Gasteiger partial charge in [-0.3, -0.25) is 14.4 Å². The van der Waals surface area contributed by atoms with E-state index in [0.717, 1.165) is 16.8 Å². The lowest BCUT2D eigenvalue weighted by Crippen LogP contribution is -2.32. The molecule has 1 aromatic heterocycles. The molecule has 0 aliphatic carbocycles. The molecule has 9 nitrogen and oxygen atoms in total. The molecule has 0 bridgehead atoms. The fourth-order valence-corrected chi connectivity index (χ4v) is 3.68. The number of ether oxygens (including phenoxy) is 2. The first-order valence-corrected chi connectivity index (χ1v) is 11.1. The number of hydrazone groups is 1. The van der Waals surface area contributed by atoms with Crippen molar-refractivity contribution in [2.45, 2.75) is 18.9 Å². The van der Waals surface area contributed by atoms with Gasteiger partial charge in [-0.25, -0.2) is 5.01 Å². The average molecular weight is 476 g/mol. The molecule has 180 valence electrons. The Kier molecular flexibility index (Phi) is 7.57. The van der Waals surface area contributed by atoms with Crippen molar-refractivity contribution in [3.63, 3.8) is 0 Å². The van der Waals surface area contributed by atoms with Crippen molar-refractivity contribution in [1.29, 1.82) is 0 Å². The molecule has 9 heteroatoms. The Balaban J connectivity index is 1.37. The molecule has 1 atom stereocenters. The van der Waals surface area contributed by atoms with Gasteiger partial charge in [0.25, 0.3) is 11.8 Å². The largest absolute Gasteiger partial charge is 0.497 e. The molecular formula is C26H25N3O6. The molecule has 4 rings (SSSR count). The first-order valence-electron chi connectivity index (χ1n) is 11.1. The number of esters is 1. The summed E-state index contributed by atoms with van der Waals surface area (Å²) in [5, 5.41) is 8.49. The number of rotatable bonds is 9. The van der Waals surface area contributed by atoms with E-state index in [4.69, 9.17) is 13.9 Å². The highest BCUT2D eigenvalue weighted by molar-refractivity contribution is 6.03. The summed E-state index contributed by atoms with van der Waals surface area (Å²) < 4.78 is 15.4. The van der Waals surface area contributed by atoms with Gasteiger partial charge in [-0.1, -0.05) is 42.5 Å². The van der Waals surface area contributed by atoms with E-state index >= 15 is 0 Å². The van der Waals surface area contributed by atoms with Crippen molar-refractivity contribution in [3.8, 4) is 5.75 Å². The van der Waals surface area contributed by atoms with Crippen molar-refractivity contribution in [2.75, 3.05) is 20.3 Å². The van der Waals surface area contributed by atoms with Gasteiger partial charge in [0.2, 0.25) is 0 Å². The molecule has 1 aliphatic heterocycles. The Morgan fingerprint density at radius 1 is 1.06 bits per heavy atom. The van der Waals surface area contributed by atoms with E-state index in [1.54, 1.807) is 13.2 Å².